The van der Waals surface area contributed by atoms with Crippen LogP contribution in [0.4, 0.5) is 11.4 Å². The molecule has 2 rings (SSSR count). The van der Waals surface area contributed by atoms with Crippen LogP contribution in [0.1, 0.15) is 35.7 Å². The van der Waals surface area contributed by atoms with E-state index in [1.807, 2.05) is 24.3 Å². The predicted molar refractivity (Wildman–Crippen MR) is 82.7 cm³/mol. The van der Waals surface area contributed by atoms with Gasteiger partial charge in [0.15, 0.2) is 0 Å². The molecule has 0 aliphatic heterocycles. The summed E-state index contributed by atoms with van der Waals surface area (Å²) in [6.07, 6.45) is 1.52. The van der Waals surface area contributed by atoms with Crippen molar-refractivity contribution in [3.63, 3.8) is 0 Å². The van der Waals surface area contributed by atoms with E-state index in [1.165, 1.54) is 12.3 Å². The normalized spacial score (nSPS) is 10.6. The number of carboxylic acids is 1. The molecule has 0 fully saturated rings. The number of nitrogens with one attached hydrogen (secondary N) is 1. The largest absolute Gasteiger partial charge is 0.478 e. The summed E-state index contributed by atoms with van der Waals surface area (Å²) < 4.78 is 0.498. The third-order valence-corrected chi connectivity index (χ3v) is 3.39. The molecule has 0 spiro atoms. The lowest BCUT2D eigenvalue weighted by Gasteiger charge is -2.15. The van der Waals surface area contributed by atoms with Crippen LogP contribution in [-0.2, 0) is 0 Å². The minimum absolute atomic E-state index is 0.186. The summed E-state index contributed by atoms with van der Waals surface area (Å²) in [5, 5.41) is 12.4. The van der Waals surface area contributed by atoms with Gasteiger partial charge in [-0.05, 0) is 39.5 Å². The van der Waals surface area contributed by atoms with Crippen molar-refractivity contribution in [1.29, 1.82) is 0 Å². The Hall–Kier alpha value is -1.88. The molecule has 0 saturated carbocycles. The van der Waals surface area contributed by atoms with E-state index in [-0.39, 0.29) is 5.56 Å². The molecule has 0 radical (unpaired) electrons. The van der Waals surface area contributed by atoms with Crippen LogP contribution in [0.2, 0.25) is 0 Å². The second kappa shape index (κ2) is 6.05. The van der Waals surface area contributed by atoms with Crippen LogP contribution in [0.5, 0.6) is 0 Å². The number of nitrogens with zero attached hydrogens (tertiary/aromatic N) is 1. The van der Waals surface area contributed by atoms with Crippen molar-refractivity contribution in [2.24, 2.45) is 0 Å². The number of aromatic carboxylic acids is 1. The van der Waals surface area contributed by atoms with Crippen molar-refractivity contribution < 1.29 is 9.90 Å². The zero-order valence-electron chi connectivity index (χ0n) is 11.2. The number of benzene rings is 1. The molecule has 0 unspecified atom stereocenters. The first-order chi connectivity index (χ1) is 9.49. The summed E-state index contributed by atoms with van der Waals surface area (Å²) >= 11 is 3.19. The second-order valence-corrected chi connectivity index (χ2v) is 5.54. The van der Waals surface area contributed by atoms with Crippen LogP contribution in [-0.4, -0.2) is 16.1 Å². The molecule has 0 aliphatic rings. The number of anilines is 2. The number of hydrogen-bond acceptors (Lipinski definition) is 3. The second-order valence-electron chi connectivity index (χ2n) is 4.72. The molecule has 1 heterocycles. The molecule has 4 nitrogen and oxygen atoms in total. The summed E-state index contributed by atoms with van der Waals surface area (Å²) in [4.78, 5) is 15.4. The smallest absolute Gasteiger partial charge is 0.337 e. The highest BCUT2D eigenvalue weighted by molar-refractivity contribution is 9.10. The first-order valence-electron chi connectivity index (χ1n) is 6.24. The summed E-state index contributed by atoms with van der Waals surface area (Å²) in [7, 11) is 0. The van der Waals surface area contributed by atoms with E-state index in [4.69, 9.17) is 0 Å². The molecule has 0 saturated heterocycles. The van der Waals surface area contributed by atoms with Crippen LogP contribution in [0.15, 0.2) is 41.1 Å². The first kappa shape index (κ1) is 14.5. The van der Waals surface area contributed by atoms with Gasteiger partial charge in [0, 0.05) is 5.69 Å². The van der Waals surface area contributed by atoms with Gasteiger partial charge in [-0.15, -0.1) is 0 Å². The summed E-state index contributed by atoms with van der Waals surface area (Å²) in [6, 6.07) is 9.34. The van der Waals surface area contributed by atoms with E-state index in [9.17, 15) is 9.90 Å². The van der Waals surface area contributed by atoms with E-state index in [1.54, 1.807) is 0 Å². The fourth-order valence-corrected chi connectivity index (χ4v) is 2.30. The average molecular weight is 335 g/mol. The Morgan fingerprint density at radius 2 is 2.00 bits per heavy atom. The van der Waals surface area contributed by atoms with Crippen molar-refractivity contribution in [3.8, 4) is 0 Å². The fraction of sp³-hybridized carbons (Fsp3) is 0.200. The quantitative estimate of drug-likeness (QED) is 0.813. The Balaban J connectivity index is 2.43. The zero-order valence-corrected chi connectivity index (χ0v) is 12.8. The third kappa shape index (κ3) is 3.17. The van der Waals surface area contributed by atoms with Gasteiger partial charge < -0.3 is 10.4 Å². The maximum Gasteiger partial charge on any atom is 0.337 e. The van der Waals surface area contributed by atoms with E-state index in [2.05, 4.69) is 40.1 Å². The molecule has 0 amide bonds. The van der Waals surface area contributed by atoms with Gasteiger partial charge in [-0.25, -0.2) is 9.78 Å². The Kier molecular flexibility index (Phi) is 4.39. The minimum Gasteiger partial charge on any atom is -0.478 e. The van der Waals surface area contributed by atoms with E-state index < -0.39 is 5.97 Å². The van der Waals surface area contributed by atoms with Gasteiger partial charge in [-0.2, -0.15) is 0 Å². The van der Waals surface area contributed by atoms with E-state index in [0.717, 1.165) is 11.3 Å². The van der Waals surface area contributed by atoms with Crippen LogP contribution in [0, 0.1) is 0 Å². The molecule has 104 valence electrons. The Morgan fingerprint density at radius 1 is 1.30 bits per heavy atom. The molecule has 0 bridgehead atoms. The number of hydrogen-bond donors (Lipinski definition) is 2. The molecule has 20 heavy (non-hydrogen) atoms. The van der Waals surface area contributed by atoms with Crippen molar-refractivity contribution in [2.75, 3.05) is 5.32 Å². The molecule has 2 aromatic rings. The van der Waals surface area contributed by atoms with Gasteiger partial charge in [0.1, 0.15) is 4.60 Å². The van der Waals surface area contributed by atoms with E-state index >= 15 is 0 Å². The number of carbonyl (C=O) groups is 1. The minimum atomic E-state index is -0.988. The highest BCUT2D eigenvalue weighted by Crippen LogP contribution is 2.28. The number of pyridine rings is 1. The van der Waals surface area contributed by atoms with Crippen molar-refractivity contribution in [2.45, 2.75) is 19.8 Å². The highest BCUT2D eigenvalue weighted by Gasteiger charge is 2.13. The zero-order chi connectivity index (χ0) is 14.7. The number of para-hydroxylation sites is 1. The number of carboxylic acid groups (broad SMARTS) is 1. The van der Waals surface area contributed by atoms with Gasteiger partial charge in [-0.3, -0.25) is 0 Å². The molecular weight excluding hydrogens is 320 g/mol. The Morgan fingerprint density at radius 3 is 2.65 bits per heavy atom. The number of rotatable bonds is 4. The van der Waals surface area contributed by atoms with Crippen molar-refractivity contribution >= 4 is 33.3 Å². The Labute approximate surface area is 126 Å². The maximum atomic E-state index is 11.3. The van der Waals surface area contributed by atoms with Crippen LogP contribution < -0.4 is 5.32 Å². The highest BCUT2D eigenvalue weighted by atomic mass is 79.9. The summed E-state index contributed by atoms with van der Waals surface area (Å²) in [5.41, 5.74) is 2.69. The average Bonchev–Trinajstić information content (AvgIpc) is 2.41. The van der Waals surface area contributed by atoms with Crippen LogP contribution >= 0.6 is 15.9 Å². The van der Waals surface area contributed by atoms with Gasteiger partial charge in [-0.1, -0.05) is 32.0 Å². The molecule has 1 aromatic heterocycles. The first-order valence-corrected chi connectivity index (χ1v) is 7.03. The van der Waals surface area contributed by atoms with Gasteiger partial charge in [0.2, 0.25) is 0 Å². The molecule has 0 aliphatic carbocycles. The van der Waals surface area contributed by atoms with Crippen LogP contribution in [0.3, 0.4) is 0 Å². The molecule has 5 heteroatoms. The Bertz CT molecular complexity index is 642. The lowest BCUT2D eigenvalue weighted by atomic mass is 10.0. The van der Waals surface area contributed by atoms with Gasteiger partial charge >= 0.3 is 5.97 Å². The lowest BCUT2D eigenvalue weighted by Crippen LogP contribution is -2.05. The van der Waals surface area contributed by atoms with Crippen LogP contribution in [0.25, 0.3) is 0 Å². The van der Waals surface area contributed by atoms with Gasteiger partial charge in [0.05, 0.1) is 17.4 Å². The molecular formula is C15H15BrN2O2. The SMILES string of the molecule is CC(C)c1ccccc1Nc1cnc(Br)cc1C(=O)O. The monoisotopic (exact) mass is 334 g/mol. The number of halogens is 1. The fourth-order valence-electron chi connectivity index (χ4n) is 1.97. The van der Waals surface area contributed by atoms with Crippen molar-refractivity contribution in [3.05, 3.63) is 52.3 Å². The topological polar surface area (TPSA) is 62.2 Å². The van der Waals surface area contributed by atoms with Crippen molar-refractivity contribution in [1.82, 2.24) is 4.98 Å². The van der Waals surface area contributed by atoms with Gasteiger partial charge in [0.25, 0.3) is 0 Å². The maximum absolute atomic E-state index is 11.3. The molecule has 2 N–H and O–H groups in total. The number of aromatic nitrogens is 1. The summed E-state index contributed by atoms with van der Waals surface area (Å²) in [5.74, 6) is -0.645. The summed E-state index contributed by atoms with van der Waals surface area (Å²) in [6.45, 7) is 4.19. The molecule has 1 aromatic carbocycles. The lowest BCUT2D eigenvalue weighted by molar-refractivity contribution is 0.0698. The standard InChI is InChI=1S/C15H15BrN2O2/c1-9(2)10-5-3-4-6-12(10)18-13-8-17-14(16)7-11(13)15(19)20/h3-9,18H,1-2H3,(H,19,20). The third-order valence-electron chi connectivity index (χ3n) is 2.95. The molecule has 0 atom stereocenters. The van der Waals surface area contributed by atoms with E-state index in [0.29, 0.717) is 16.2 Å². The predicted octanol–water partition coefficient (Wildman–Crippen LogP) is 4.41.